The topological polar surface area (TPSA) is 49.4 Å². The van der Waals surface area contributed by atoms with Crippen LogP contribution < -0.4 is 5.32 Å². The van der Waals surface area contributed by atoms with Crippen molar-refractivity contribution in [3.63, 3.8) is 0 Å². The van der Waals surface area contributed by atoms with E-state index in [1.54, 1.807) is 10.4 Å². The lowest BCUT2D eigenvalue weighted by atomic mass is 10.2. The van der Waals surface area contributed by atoms with Crippen molar-refractivity contribution in [3.05, 3.63) is 16.3 Å². The number of hydrogen-bond acceptors (Lipinski definition) is 4. The highest BCUT2D eigenvalue weighted by Crippen LogP contribution is 2.26. The average Bonchev–Trinajstić information content (AvgIpc) is 2.64. The largest absolute Gasteiger partial charge is 0.315 e. The van der Waals surface area contributed by atoms with Gasteiger partial charge in [-0.1, -0.05) is 12.8 Å². The van der Waals surface area contributed by atoms with Gasteiger partial charge < -0.3 is 5.32 Å². The molecule has 0 atom stereocenters. The second kappa shape index (κ2) is 6.14. The number of thiophene rings is 1. The quantitative estimate of drug-likeness (QED) is 0.922. The predicted octanol–water partition coefficient (Wildman–Crippen LogP) is 2.03. The van der Waals surface area contributed by atoms with Crippen molar-refractivity contribution in [2.75, 3.05) is 20.1 Å². The Morgan fingerprint density at radius 1 is 1.28 bits per heavy atom. The number of sulfonamides is 1. The Hall–Kier alpha value is -0.430. The van der Waals surface area contributed by atoms with E-state index >= 15 is 0 Å². The standard InChI is InChI=1S/C12H20N2O2S2/c1-13-10-11-12(6-9-17-11)18(15,16)14-7-4-2-3-5-8-14/h6,9,13H,2-5,7-8,10H2,1H3. The lowest BCUT2D eigenvalue weighted by Gasteiger charge is -2.20. The summed E-state index contributed by atoms with van der Waals surface area (Å²) in [7, 11) is -1.46. The molecule has 1 N–H and O–H groups in total. The van der Waals surface area contributed by atoms with Crippen LogP contribution in [0.15, 0.2) is 16.3 Å². The molecular weight excluding hydrogens is 268 g/mol. The Morgan fingerprint density at radius 2 is 1.94 bits per heavy atom. The molecule has 2 heterocycles. The van der Waals surface area contributed by atoms with Crippen LogP contribution in [-0.2, 0) is 16.6 Å². The number of nitrogens with zero attached hydrogens (tertiary/aromatic N) is 1. The van der Waals surface area contributed by atoms with E-state index in [0.29, 0.717) is 24.5 Å². The Labute approximate surface area is 113 Å². The van der Waals surface area contributed by atoms with E-state index in [-0.39, 0.29) is 0 Å². The van der Waals surface area contributed by atoms with Gasteiger partial charge in [-0.05, 0) is 31.3 Å². The molecule has 0 aromatic carbocycles. The van der Waals surface area contributed by atoms with Gasteiger partial charge in [0.1, 0.15) is 0 Å². The van der Waals surface area contributed by atoms with Gasteiger partial charge in [0.2, 0.25) is 10.0 Å². The fourth-order valence-electron chi connectivity index (χ4n) is 2.27. The molecule has 1 aromatic heterocycles. The molecule has 0 radical (unpaired) electrons. The van der Waals surface area contributed by atoms with Crippen LogP contribution in [0.5, 0.6) is 0 Å². The van der Waals surface area contributed by atoms with Crippen LogP contribution in [-0.4, -0.2) is 32.9 Å². The number of rotatable bonds is 4. The van der Waals surface area contributed by atoms with Crippen LogP contribution in [0.1, 0.15) is 30.6 Å². The van der Waals surface area contributed by atoms with Crippen LogP contribution in [0.4, 0.5) is 0 Å². The smallest absolute Gasteiger partial charge is 0.244 e. The predicted molar refractivity (Wildman–Crippen MR) is 74.3 cm³/mol. The highest BCUT2D eigenvalue weighted by molar-refractivity contribution is 7.89. The third-order valence-electron chi connectivity index (χ3n) is 3.22. The fourth-order valence-corrected chi connectivity index (χ4v) is 5.21. The molecule has 0 spiro atoms. The molecule has 1 aliphatic heterocycles. The van der Waals surface area contributed by atoms with Crippen molar-refractivity contribution >= 4 is 21.4 Å². The van der Waals surface area contributed by atoms with E-state index in [4.69, 9.17) is 0 Å². The first-order chi connectivity index (χ1) is 8.66. The normalized spacial score (nSPS) is 18.7. The summed E-state index contributed by atoms with van der Waals surface area (Å²) >= 11 is 1.50. The Kier molecular flexibility index (Phi) is 4.77. The number of hydrogen-bond donors (Lipinski definition) is 1. The second-order valence-electron chi connectivity index (χ2n) is 4.56. The molecular formula is C12H20N2O2S2. The minimum absolute atomic E-state index is 0.490. The van der Waals surface area contributed by atoms with Gasteiger partial charge >= 0.3 is 0 Å². The maximum atomic E-state index is 12.6. The summed E-state index contributed by atoms with van der Waals surface area (Å²) in [5, 5.41) is 4.88. The molecule has 2 rings (SSSR count). The van der Waals surface area contributed by atoms with Crippen molar-refractivity contribution < 1.29 is 8.42 Å². The van der Waals surface area contributed by atoms with Gasteiger partial charge in [0.25, 0.3) is 0 Å². The minimum atomic E-state index is -3.29. The lowest BCUT2D eigenvalue weighted by Crippen LogP contribution is -2.32. The Balaban J connectivity index is 2.25. The molecule has 4 nitrogen and oxygen atoms in total. The van der Waals surface area contributed by atoms with Gasteiger partial charge in [-0.15, -0.1) is 11.3 Å². The molecule has 0 amide bonds. The van der Waals surface area contributed by atoms with E-state index in [2.05, 4.69) is 5.32 Å². The van der Waals surface area contributed by atoms with Crippen LogP contribution in [0.25, 0.3) is 0 Å². The second-order valence-corrected chi connectivity index (χ2v) is 7.46. The first-order valence-electron chi connectivity index (χ1n) is 6.37. The molecule has 0 aliphatic carbocycles. The minimum Gasteiger partial charge on any atom is -0.315 e. The fraction of sp³-hybridized carbons (Fsp3) is 0.667. The first-order valence-corrected chi connectivity index (χ1v) is 8.69. The van der Waals surface area contributed by atoms with Crippen molar-refractivity contribution in [1.82, 2.24) is 9.62 Å². The summed E-state index contributed by atoms with van der Waals surface area (Å²) in [6, 6.07) is 1.73. The molecule has 1 saturated heterocycles. The summed E-state index contributed by atoms with van der Waals surface area (Å²) in [4.78, 5) is 1.39. The molecule has 0 bridgehead atoms. The van der Waals surface area contributed by atoms with Crippen LogP contribution in [0.3, 0.4) is 0 Å². The Bertz CT molecular complexity index is 474. The molecule has 1 fully saturated rings. The molecule has 0 saturated carbocycles. The molecule has 0 unspecified atom stereocenters. The first kappa shape index (κ1) is 14.0. The highest BCUT2D eigenvalue weighted by Gasteiger charge is 2.27. The molecule has 1 aromatic rings. The van der Waals surface area contributed by atoms with Gasteiger partial charge in [-0.25, -0.2) is 8.42 Å². The van der Waals surface area contributed by atoms with Crippen LogP contribution in [0, 0.1) is 0 Å². The average molecular weight is 288 g/mol. The van der Waals surface area contributed by atoms with Crippen molar-refractivity contribution in [2.45, 2.75) is 37.1 Å². The van der Waals surface area contributed by atoms with E-state index < -0.39 is 10.0 Å². The zero-order valence-electron chi connectivity index (χ0n) is 10.7. The molecule has 6 heteroatoms. The van der Waals surface area contributed by atoms with E-state index in [1.807, 2.05) is 12.4 Å². The monoisotopic (exact) mass is 288 g/mol. The summed E-state index contributed by atoms with van der Waals surface area (Å²) in [6.45, 7) is 1.94. The third-order valence-corrected chi connectivity index (χ3v) is 6.26. The lowest BCUT2D eigenvalue weighted by molar-refractivity contribution is 0.423. The highest BCUT2D eigenvalue weighted by atomic mass is 32.2. The maximum Gasteiger partial charge on any atom is 0.244 e. The van der Waals surface area contributed by atoms with Gasteiger partial charge in [0, 0.05) is 24.5 Å². The van der Waals surface area contributed by atoms with Crippen LogP contribution in [0.2, 0.25) is 0 Å². The van der Waals surface area contributed by atoms with Crippen LogP contribution >= 0.6 is 11.3 Å². The van der Waals surface area contributed by atoms with E-state index in [0.717, 1.165) is 30.6 Å². The van der Waals surface area contributed by atoms with Crippen molar-refractivity contribution in [2.24, 2.45) is 0 Å². The van der Waals surface area contributed by atoms with E-state index in [9.17, 15) is 8.42 Å². The summed E-state index contributed by atoms with van der Waals surface area (Å²) in [6.07, 6.45) is 4.23. The summed E-state index contributed by atoms with van der Waals surface area (Å²) < 4.78 is 26.9. The summed E-state index contributed by atoms with van der Waals surface area (Å²) in [5.41, 5.74) is 0. The zero-order chi connectivity index (χ0) is 13.0. The summed E-state index contributed by atoms with van der Waals surface area (Å²) in [5.74, 6) is 0. The van der Waals surface area contributed by atoms with Gasteiger partial charge in [0.15, 0.2) is 0 Å². The van der Waals surface area contributed by atoms with Gasteiger partial charge in [-0.2, -0.15) is 4.31 Å². The Morgan fingerprint density at radius 3 is 2.56 bits per heavy atom. The van der Waals surface area contributed by atoms with Gasteiger partial charge in [-0.3, -0.25) is 0 Å². The van der Waals surface area contributed by atoms with Crippen molar-refractivity contribution in [3.8, 4) is 0 Å². The van der Waals surface area contributed by atoms with Crippen molar-refractivity contribution in [1.29, 1.82) is 0 Å². The molecule has 1 aliphatic rings. The zero-order valence-corrected chi connectivity index (χ0v) is 12.3. The molecule has 18 heavy (non-hydrogen) atoms. The maximum absolute atomic E-state index is 12.6. The SMILES string of the molecule is CNCc1sccc1S(=O)(=O)N1CCCCCC1. The third kappa shape index (κ3) is 2.93. The van der Waals surface area contributed by atoms with E-state index in [1.165, 1.54) is 11.3 Å². The molecule has 102 valence electrons. The van der Waals surface area contributed by atoms with Gasteiger partial charge in [0.05, 0.1) is 4.90 Å². The number of nitrogens with one attached hydrogen (secondary N) is 1.